The summed E-state index contributed by atoms with van der Waals surface area (Å²) in [5.41, 5.74) is 2.46. The average molecular weight is 356 g/mol. The van der Waals surface area contributed by atoms with Crippen molar-refractivity contribution in [3.8, 4) is 11.3 Å². The molecule has 0 bridgehead atoms. The Kier molecular flexibility index (Phi) is 5.27. The molecular weight excluding hydrogens is 328 g/mol. The summed E-state index contributed by atoms with van der Waals surface area (Å²) in [6.07, 6.45) is 6.45. The van der Waals surface area contributed by atoms with Gasteiger partial charge in [0.2, 0.25) is 0 Å². The van der Waals surface area contributed by atoms with Crippen LogP contribution in [0.5, 0.6) is 0 Å². The van der Waals surface area contributed by atoms with E-state index < -0.39 is 0 Å². The number of anilines is 1. The predicted molar refractivity (Wildman–Crippen MR) is 103 cm³/mol. The van der Waals surface area contributed by atoms with Crippen molar-refractivity contribution in [1.29, 1.82) is 0 Å². The van der Waals surface area contributed by atoms with E-state index >= 15 is 0 Å². The van der Waals surface area contributed by atoms with Crippen molar-refractivity contribution in [2.45, 2.75) is 32.7 Å². The van der Waals surface area contributed by atoms with Crippen LogP contribution >= 0.6 is 0 Å². The van der Waals surface area contributed by atoms with Gasteiger partial charge in [-0.05, 0) is 51.8 Å². The molecule has 1 aliphatic heterocycles. The van der Waals surface area contributed by atoms with Crippen LogP contribution in [-0.4, -0.2) is 50.9 Å². The minimum Gasteiger partial charge on any atom is -0.338 e. The number of likely N-dealkylation sites (tertiary alicyclic amines) is 1. The Morgan fingerprint density at radius 1 is 1.38 bits per heavy atom. The van der Waals surface area contributed by atoms with Gasteiger partial charge in [0.1, 0.15) is 0 Å². The molecule has 2 N–H and O–H groups in total. The van der Waals surface area contributed by atoms with Crippen LogP contribution in [0.15, 0.2) is 30.7 Å². The zero-order valence-corrected chi connectivity index (χ0v) is 16.0. The monoisotopic (exact) mass is 356 g/mol. The van der Waals surface area contributed by atoms with E-state index in [1.165, 1.54) is 0 Å². The first-order valence-corrected chi connectivity index (χ1v) is 9.07. The third-order valence-corrected chi connectivity index (χ3v) is 4.82. The molecule has 1 unspecified atom stereocenters. The van der Waals surface area contributed by atoms with Gasteiger partial charge in [-0.3, -0.25) is 14.6 Å². The van der Waals surface area contributed by atoms with E-state index in [1.54, 1.807) is 17.1 Å². The van der Waals surface area contributed by atoms with E-state index in [9.17, 15) is 4.79 Å². The lowest BCUT2D eigenvalue weighted by Crippen LogP contribution is -2.40. The standard InChI is InChI=1S/C19H28N6O/c1-19(2,3)25-9-7-14(12-25)10-21-18(26)23-16-6-5-8-20-17(16)15-11-22-24(4)13-15/h5-6,8,11,13-14H,7,9-10,12H2,1-4H3,(H2,21,23,26). The lowest BCUT2D eigenvalue weighted by molar-refractivity contribution is 0.168. The number of carbonyl (C=O) groups is 1. The van der Waals surface area contributed by atoms with Crippen molar-refractivity contribution >= 4 is 11.7 Å². The summed E-state index contributed by atoms with van der Waals surface area (Å²) >= 11 is 0. The molecule has 1 aliphatic rings. The van der Waals surface area contributed by atoms with E-state index in [4.69, 9.17) is 0 Å². The van der Waals surface area contributed by atoms with Crippen LogP contribution in [-0.2, 0) is 7.05 Å². The summed E-state index contributed by atoms with van der Waals surface area (Å²) in [5.74, 6) is 0.492. The molecule has 0 saturated carbocycles. The number of pyridine rings is 1. The molecule has 140 valence electrons. The zero-order valence-electron chi connectivity index (χ0n) is 16.0. The maximum absolute atomic E-state index is 12.4. The lowest BCUT2D eigenvalue weighted by Gasteiger charge is -2.31. The highest BCUT2D eigenvalue weighted by Gasteiger charge is 2.30. The molecule has 2 aromatic heterocycles. The molecule has 0 spiro atoms. The number of hydrogen-bond donors (Lipinski definition) is 2. The molecule has 26 heavy (non-hydrogen) atoms. The van der Waals surface area contributed by atoms with Crippen molar-refractivity contribution in [2.75, 3.05) is 25.0 Å². The van der Waals surface area contributed by atoms with Crippen LogP contribution in [0.4, 0.5) is 10.5 Å². The van der Waals surface area contributed by atoms with Crippen LogP contribution in [0.1, 0.15) is 27.2 Å². The summed E-state index contributed by atoms with van der Waals surface area (Å²) in [6.45, 7) is 9.50. The summed E-state index contributed by atoms with van der Waals surface area (Å²) in [6, 6.07) is 3.47. The Labute approximate surface area is 154 Å². The van der Waals surface area contributed by atoms with Crippen molar-refractivity contribution in [3.05, 3.63) is 30.7 Å². The SMILES string of the molecule is Cn1cc(-c2ncccc2NC(=O)NCC2CCN(C(C)(C)C)C2)cn1. The molecule has 1 atom stereocenters. The third-order valence-electron chi connectivity index (χ3n) is 4.82. The zero-order chi connectivity index (χ0) is 18.7. The fraction of sp³-hybridized carbons (Fsp3) is 0.526. The Bertz CT molecular complexity index is 763. The minimum absolute atomic E-state index is 0.186. The van der Waals surface area contributed by atoms with Gasteiger partial charge in [0.05, 0.1) is 17.6 Å². The molecule has 0 radical (unpaired) electrons. The van der Waals surface area contributed by atoms with Crippen LogP contribution < -0.4 is 10.6 Å². The maximum Gasteiger partial charge on any atom is 0.319 e. The number of nitrogens with one attached hydrogen (secondary N) is 2. The third kappa shape index (κ3) is 4.40. The van der Waals surface area contributed by atoms with Gasteiger partial charge in [-0.15, -0.1) is 0 Å². The summed E-state index contributed by atoms with van der Waals surface area (Å²) in [4.78, 5) is 19.2. The molecule has 7 nitrogen and oxygen atoms in total. The van der Waals surface area contributed by atoms with E-state index in [2.05, 4.69) is 46.4 Å². The van der Waals surface area contributed by atoms with E-state index in [-0.39, 0.29) is 11.6 Å². The van der Waals surface area contributed by atoms with Crippen LogP contribution in [0.2, 0.25) is 0 Å². The number of aryl methyl sites for hydroxylation is 1. The average Bonchev–Trinajstić information content (AvgIpc) is 3.22. The number of amides is 2. The smallest absolute Gasteiger partial charge is 0.319 e. The topological polar surface area (TPSA) is 75.1 Å². The molecule has 2 aromatic rings. The Morgan fingerprint density at radius 2 is 2.19 bits per heavy atom. The van der Waals surface area contributed by atoms with E-state index in [1.807, 2.05) is 25.4 Å². The van der Waals surface area contributed by atoms with Crippen molar-refractivity contribution < 1.29 is 4.79 Å². The summed E-state index contributed by atoms with van der Waals surface area (Å²) in [7, 11) is 1.86. The number of rotatable bonds is 4. The molecule has 7 heteroatoms. The first kappa shape index (κ1) is 18.4. The normalized spacial score (nSPS) is 18.1. The van der Waals surface area contributed by atoms with Gasteiger partial charge in [-0.1, -0.05) is 0 Å². The Balaban J connectivity index is 1.56. The van der Waals surface area contributed by atoms with Gasteiger partial charge < -0.3 is 10.6 Å². The fourth-order valence-corrected chi connectivity index (χ4v) is 3.29. The molecule has 0 aliphatic carbocycles. The largest absolute Gasteiger partial charge is 0.338 e. The van der Waals surface area contributed by atoms with Crippen LogP contribution in [0.25, 0.3) is 11.3 Å². The van der Waals surface area contributed by atoms with E-state index in [0.29, 0.717) is 18.2 Å². The van der Waals surface area contributed by atoms with Gasteiger partial charge in [-0.25, -0.2) is 4.79 Å². The van der Waals surface area contributed by atoms with Crippen molar-refractivity contribution in [3.63, 3.8) is 0 Å². The highest BCUT2D eigenvalue weighted by Crippen LogP contribution is 2.25. The number of carbonyl (C=O) groups excluding carboxylic acids is 1. The Morgan fingerprint density at radius 3 is 2.85 bits per heavy atom. The van der Waals surface area contributed by atoms with E-state index in [0.717, 1.165) is 30.8 Å². The highest BCUT2D eigenvalue weighted by atomic mass is 16.2. The van der Waals surface area contributed by atoms with Crippen LogP contribution in [0.3, 0.4) is 0 Å². The molecule has 1 fully saturated rings. The second-order valence-electron chi connectivity index (χ2n) is 7.91. The number of hydrogen-bond acceptors (Lipinski definition) is 4. The quantitative estimate of drug-likeness (QED) is 0.883. The van der Waals surface area contributed by atoms with Crippen molar-refractivity contribution in [2.24, 2.45) is 13.0 Å². The fourth-order valence-electron chi connectivity index (χ4n) is 3.29. The minimum atomic E-state index is -0.197. The van der Waals surface area contributed by atoms with Crippen LogP contribution in [0, 0.1) is 5.92 Å². The lowest BCUT2D eigenvalue weighted by atomic mass is 10.1. The molecule has 1 saturated heterocycles. The number of urea groups is 1. The molecule has 3 rings (SSSR count). The van der Waals surface area contributed by atoms with Crippen molar-refractivity contribution in [1.82, 2.24) is 25.0 Å². The Hall–Kier alpha value is -2.41. The number of aromatic nitrogens is 3. The van der Waals surface area contributed by atoms with Gasteiger partial charge in [0, 0.05) is 43.6 Å². The summed E-state index contributed by atoms with van der Waals surface area (Å²) < 4.78 is 1.72. The highest BCUT2D eigenvalue weighted by molar-refractivity contribution is 5.93. The maximum atomic E-state index is 12.4. The molecule has 2 amide bonds. The van der Waals surface area contributed by atoms with Gasteiger partial charge in [0.15, 0.2) is 0 Å². The predicted octanol–water partition coefficient (Wildman–Crippen LogP) is 2.72. The first-order chi connectivity index (χ1) is 12.3. The molecular formula is C19H28N6O. The molecule has 0 aromatic carbocycles. The molecule has 3 heterocycles. The summed E-state index contributed by atoms with van der Waals surface area (Å²) in [5, 5.41) is 10.1. The van der Waals surface area contributed by atoms with Gasteiger partial charge >= 0.3 is 6.03 Å². The number of nitrogens with zero attached hydrogens (tertiary/aromatic N) is 4. The second-order valence-corrected chi connectivity index (χ2v) is 7.91. The van der Waals surface area contributed by atoms with Gasteiger partial charge in [-0.2, -0.15) is 5.10 Å². The van der Waals surface area contributed by atoms with Gasteiger partial charge in [0.25, 0.3) is 0 Å². The second kappa shape index (κ2) is 7.45. The first-order valence-electron chi connectivity index (χ1n) is 9.07.